The SMILES string of the molecule is COc1cc(/C=C2\C(=N)N3N=C(C(C)C)SC3=NC2=O)ccc1OC(C)c1ccccc1. The van der Waals surface area contributed by atoms with Gasteiger partial charge in [0.1, 0.15) is 11.1 Å². The van der Waals surface area contributed by atoms with E-state index < -0.39 is 5.91 Å². The predicted molar refractivity (Wildman–Crippen MR) is 128 cm³/mol. The third kappa shape index (κ3) is 4.31. The first kappa shape index (κ1) is 21.8. The van der Waals surface area contributed by atoms with E-state index in [1.807, 2.05) is 57.2 Å². The first-order chi connectivity index (χ1) is 15.4. The van der Waals surface area contributed by atoms with Gasteiger partial charge in [0, 0.05) is 5.92 Å². The Labute approximate surface area is 191 Å². The molecule has 0 aliphatic carbocycles. The van der Waals surface area contributed by atoms with E-state index in [0.717, 1.165) is 10.6 Å². The molecule has 164 valence electrons. The average molecular weight is 449 g/mol. The number of methoxy groups -OCH3 is 1. The molecule has 1 amide bonds. The molecule has 2 aliphatic rings. The summed E-state index contributed by atoms with van der Waals surface area (Å²) in [7, 11) is 1.57. The van der Waals surface area contributed by atoms with Gasteiger partial charge in [-0.3, -0.25) is 10.2 Å². The van der Waals surface area contributed by atoms with Crippen LogP contribution in [0.15, 0.2) is 64.2 Å². The van der Waals surface area contributed by atoms with E-state index >= 15 is 0 Å². The van der Waals surface area contributed by atoms with Crippen LogP contribution in [0.3, 0.4) is 0 Å². The van der Waals surface area contributed by atoms with Gasteiger partial charge in [-0.05, 0) is 48.0 Å². The van der Waals surface area contributed by atoms with Crippen LogP contribution in [0.1, 0.15) is 38.0 Å². The normalized spacial score (nSPS) is 17.9. The number of carbonyl (C=O) groups is 1. The highest BCUT2D eigenvalue weighted by molar-refractivity contribution is 8.27. The largest absolute Gasteiger partial charge is 0.493 e. The van der Waals surface area contributed by atoms with E-state index in [2.05, 4.69) is 10.1 Å². The Hall–Kier alpha value is -3.39. The van der Waals surface area contributed by atoms with E-state index in [0.29, 0.717) is 22.2 Å². The van der Waals surface area contributed by atoms with Crippen LogP contribution in [0.2, 0.25) is 0 Å². The lowest BCUT2D eigenvalue weighted by Crippen LogP contribution is -2.35. The van der Waals surface area contributed by atoms with E-state index in [9.17, 15) is 4.79 Å². The summed E-state index contributed by atoms with van der Waals surface area (Å²) in [6.45, 7) is 6.01. The summed E-state index contributed by atoms with van der Waals surface area (Å²) < 4.78 is 11.6. The van der Waals surface area contributed by atoms with Crippen LogP contribution in [0, 0.1) is 11.3 Å². The van der Waals surface area contributed by atoms with Crippen molar-refractivity contribution in [2.24, 2.45) is 16.0 Å². The lowest BCUT2D eigenvalue weighted by Gasteiger charge is -2.20. The summed E-state index contributed by atoms with van der Waals surface area (Å²) in [4.78, 5) is 16.7. The fourth-order valence-corrected chi connectivity index (χ4v) is 4.15. The molecule has 0 radical (unpaired) electrons. The summed E-state index contributed by atoms with van der Waals surface area (Å²) in [5.41, 5.74) is 1.94. The fraction of sp³-hybridized carbons (Fsp3) is 0.250. The quantitative estimate of drug-likeness (QED) is 0.621. The number of nitrogens with one attached hydrogen (secondary N) is 1. The highest BCUT2D eigenvalue weighted by Gasteiger charge is 2.36. The highest BCUT2D eigenvalue weighted by Crippen LogP contribution is 2.34. The minimum Gasteiger partial charge on any atom is -0.493 e. The van der Waals surface area contributed by atoms with Gasteiger partial charge in [0.25, 0.3) is 5.91 Å². The first-order valence-electron chi connectivity index (χ1n) is 10.3. The Balaban J connectivity index is 1.59. The van der Waals surface area contributed by atoms with Gasteiger partial charge in [0.2, 0.25) is 5.17 Å². The van der Waals surface area contributed by atoms with E-state index in [4.69, 9.17) is 14.9 Å². The molecule has 0 saturated carbocycles. The van der Waals surface area contributed by atoms with Crippen molar-refractivity contribution in [3.63, 3.8) is 0 Å². The average Bonchev–Trinajstić information content (AvgIpc) is 3.22. The molecular weight excluding hydrogens is 424 g/mol. The minimum atomic E-state index is -0.453. The van der Waals surface area contributed by atoms with Crippen LogP contribution in [-0.2, 0) is 4.79 Å². The topological polar surface area (TPSA) is 87.3 Å². The molecule has 1 unspecified atom stereocenters. The predicted octanol–water partition coefficient (Wildman–Crippen LogP) is 5.11. The standard InChI is InChI=1S/C24H24N4O3S/c1-14(2)23-27-28-21(25)18(22(29)26-24(28)32-23)12-16-10-11-19(20(13-16)30-4)31-15(3)17-8-6-5-7-9-17/h5-15,25H,1-4H3/b18-12+,25-21?. The van der Waals surface area contributed by atoms with Crippen molar-refractivity contribution in [1.82, 2.24) is 5.01 Å². The Kier molecular flexibility index (Phi) is 6.14. The number of amides is 1. The van der Waals surface area contributed by atoms with Crippen molar-refractivity contribution < 1.29 is 14.3 Å². The van der Waals surface area contributed by atoms with E-state index in [-0.39, 0.29) is 23.4 Å². The van der Waals surface area contributed by atoms with Crippen molar-refractivity contribution in [1.29, 1.82) is 5.41 Å². The zero-order valence-corrected chi connectivity index (χ0v) is 19.1. The smallest absolute Gasteiger partial charge is 0.283 e. The number of fused-ring (bicyclic) bond motifs is 1. The molecule has 0 spiro atoms. The molecule has 0 aromatic heterocycles. The van der Waals surface area contributed by atoms with Gasteiger partial charge in [-0.2, -0.15) is 15.1 Å². The molecule has 32 heavy (non-hydrogen) atoms. The van der Waals surface area contributed by atoms with Crippen molar-refractivity contribution in [2.45, 2.75) is 26.9 Å². The van der Waals surface area contributed by atoms with Crippen molar-refractivity contribution in [3.8, 4) is 11.5 Å². The summed E-state index contributed by atoms with van der Waals surface area (Å²) in [6, 6.07) is 15.3. The van der Waals surface area contributed by atoms with Gasteiger partial charge in [-0.25, -0.2) is 0 Å². The minimum absolute atomic E-state index is 0.0140. The van der Waals surface area contributed by atoms with E-state index in [1.165, 1.54) is 16.8 Å². The van der Waals surface area contributed by atoms with Crippen LogP contribution in [0.25, 0.3) is 6.08 Å². The zero-order valence-electron chi connectivity index (χ0n) is 18.3. The number of rotatable bonds is 6. The highest BCUT2D eigenvalue weighted by atomic mass is 32.2. The molecular formula is C24H24N4O3S. The van der Waals surface area contributed by atoms with Gasteiger partial charge in [0.15, 0.2) is 17.3 Å². The zero-order chi connectivity index (χ0) is 22.8. The fourth-order valence-electron chi connectivity index (χ4n) is 3.26. The van der Waals surface area contributed by atoms with Crippen molar-refractivity contribution in [2.75, 3.05) is 7.11 Å². The summed E-state index contributed by atoms with van der Waals surface area (Å²) in [6.07, 6.45) is 1.47. The third-order valence-electron chi connectivity index (χ3n) is 5.04. The molecule has 0 saturated heterocycles. The summed E-state index contributed by atoms with van der Waals surface area (Å²) in [5, 5.41) is 15.6. The molecule has 0 bridgehead atoms. The second-order valence-corrected chi connectivity index (χ2v) is 8.68. The molecule has 1 atom stereocenters. The number of amidine groups is 2. The van der Waals surface area contributed by atoms with Gasteiger partial charge < -0.3 is 9.47 Å². The third-order valence-corrected chi connectivity index (χ3v) is 6.24. The molecule has 7 nitrogen and oxygen atoms in total. The monoisotopic (exact) mass is 448 g/mol. The van der Waals surface area contributed by atoms with Crippen molar-refractivity contribution >= 4 is 39.8 Å². The van der Waals surface area contributed by atoms with E-state index in [1.54, 1.807) is 25.3 Å². The van der Waals surface area contributed by atoms with Crippen LogP contribution in [-0.4, -0.2) is 34.1 Å². The molecule has 0 fully saturated rings. The summed E-state index contributed by atoms with van der Waals surface area (Å²) >= 11 is 1.33. The molecule has 4 rings (SSSR count). The lowest BCUT2D eigenvalue weighted by atomic mass is 10.1. The Bertz CT molecular complexity index is 1160. The second-order valence-electron chi connectivity index (χ2n) is 7.69. The maximum absolute atomic E-state index is 12.6. The van der Waals surface area contributed by atoms with Crippen molar-refractivity contribution in [3.05, 3.63) is 65.2 Å². The number of hydrogen-bond acceptors (Lipinski definition) is 6. The molecule has 8 heteroatoms. The first-order valence-corrected chi connectivity index (χ1v) is 11.1. The lowest BCUT2D eigenvalue weighted by molar-refractivity contribution is -0.114. The Morgan fingerprint density at radius 2 is 1.84 bits per heavy atom. The molecule has 2 aromatic rings. The molecule has 2 heterocycles. The van der Waals surface area contributed by atoms with Gasteiger partial charge in [-0.15, -0.1) is 0 Å². The number of benzene rings is 2. The van der Waals surface area contributed by atoms with Gasteiger partial charge >= 0.3 is 0 Å². The summed E-state index contributed by atoms with van der Waals surface area (Å²) in [5.74, 6) is 0.890. The number of ether oxygens (including phenoxy) is 2. The van der Waals surface area contributed by atoms with Crippen LogP contribution in [0.4, 0.5) is 0 Å². The van der Waals surface area contributed by atoms with Crippen LogP contribution in [0.5, 0.6) is 11.5 Å². The number of hydrazone groups is 1. The second kappa shape index (κ2) is 9.00. The Morgan fingerprint density at radius 1 is 1.09 bits per heavy atom. The van der Waals surface area contributed by atoms with Crippen LogP contribution >= 0.6 is 11.8 Å². The molecule has 2 aromatic carbocycles. The maximum atomic E-state index is 12.6. The van der Waals surface area contributed by atoms with Crippen LogP contribution < -0.4 is 9.47 Å². The molecule has 1 N–H and O–H groups in total. The Morgan fingerprint density at radius 3 is 2.53 bits per heavy atom. The van der Waals surface area contributed by atoms with Gasteiger partial charge in [0.05, 0.1) is 12.7 Å². The number of nitrogens with zero attached hydrogens (tertiary/aromatic N) is 3. The maximum Gasteiger partial charge on any atom is 0.283 e. The number of hydrogen-bond donors (Lipinski definition) is 1. The number of thioether (sulfide) groups is 1. The van der Waals surface area contributed by atoms with Gasteiger partial charge in [-0.1, -0.05) is 50.2 Å². The molecule has 2 aliphatic heterocycles. The number of carbonyl (C=O) groups excluding carboxylic acids is 1. The number of aliphatic imine (C=N–C) groups is 1.